The molecule has 0 aliphatic carbocycles. The number of nitrogens with zero attached hydrogens (tertiary/aromatic N) is 3. The van der Waals surface area contributed by atoms with E-state index in [2.05, 4.69) is 5.43 Å². The zero-order valence-electron chi connectivity index (χ0n) is 6.91. The van der Waals surface area contributed by atoms with Gasteiger partial charge in [0, 0.05) is 7.05 Å². The second-order valence-electron chi connectivity index (χ2n) is 2.77. The Labute approximate surface area is 66.9 Å². The molecule has 1 aliphatic heterocycles. The van der Waals surface area contributed by atoms with E-state index in [0.29, 0.717) is 4.59 Å². The van der Waals surface area contributed by atoms with Gasteiger partial charge in [0.05, 0.1) is 6.20 Å². The summed E-state index contributed by atoms with van der Waals surface area (Å²) in [5.41, 5.74) is 2.75. The monoisotopic (exact) mass is 153 g/mol. The van der Waals surface area contributed by atoms with Crippen LogP contribution in [0.2, 0.25) is 0 Å². The molecule has 0 saturated carbocycles. The first kappa shape index (κ1) is 7.89. The van der Waals surface area contributed by atoms with Crippen molar-refractivity contribution in [3.63, 3.8) is 0 Å². The molecule has 0 aromatic carbocycles. The number of hydrogen-bond acceptors (Lipinski definition) is 3. The molecule has 60 valence electrons. The molecule has 0 amide bonds. The summed E-state index contributed by atoms with van der Waals surface area (Å²) < 4.78 is 0.535. The molecule has 0 spiro atoms. The third-order valence-electron chi connectivity index (χ3n) is 1.92. The van der Waals surface area contributed by atoms with Crippen LogP contribution in [0, 0.1) is 11.5 Å². The van der Waals surface area contributed by atoms with E-state index >= 15 is 0 Å². The van der Waals surface area contributed by atoms with Crippen molar-refractivity contribution in [2.24, 2.45) is 0 Å². The van der Waals surface area contributed by atoms with Crippen LogP contribution >= 0.6 is 0 Å². The molecule has 0 aromatic rings. The average Bonchev–Trinajstić information content (AvgIpc) is 2.34. The quantitative estimate of drug-likeness (QED) is 0.349. The lowest BCUT2D eigenvalue weighted by molar-refractivity contribution is -0.915. The van der Waals surface area contributed by atoms with Crippen LogP contribution in [-0.4, -0.2) is 29.8 Å². The lowest BCUT2D eigenvalue weighted by Crippen LogP contribution is -2.52. The number of rotatable bonds is 2. The molecule has 1 rings (SSSR count). The molecule has 0 bridgehead atoms. The molecule has 0 radical (unpaired) electrons. The molecule has 1 heterocycles. The van der Waals surface area contributed by atoms with E-state index in [9.17, 15) is 0 Å². The summed E-state index contributed by atoms with van der Waals surface area (Å²) in [5, 5.41) is 8.48. The van der Waals surface area contributed by atoms with Crippen molar-refractivity contribution in [1.82, 2.24) is 10.3 Å². The highest BCUT2D eigenvalue weighted by Gasteiger charge is 2.28. The van der Waals surface area contributed by atoms with Crippen molar-refractivity contribution in [3.8, 4) is 6.19 Å². The highest BCUT2D eigenvalue weighted by Crippen LogP contribution is 2.11. The predicted molar refractivity (Wildman–Crippen MR) is 41.3 cm³/mol. The van der Waals surface area contributed by atoms with Crippen LogP contribution < -0.4 is 5.43 Å². The van der Waals surface area contributed by atoms with Gasteiger partial charge in [0.2, 0.25) is 6.19 Å². The summed E-state index contributed by atoms with van der Waals surface area (Å²) in [6.07, 6.45) is 5.94. The molecule has 1 atom stereocenters. The third kappa shape index (κ3) is 1.44. The molecular formula is C7H13N4+. The lowest BCUT2D eigenvalue weighted by atomic mass is 10.6. The van der Waals surface area contributed by atoms with Gasteiger partial charge in [0.25, 0.3) is 0 Å². The van der Waals surface area contributed by atoms with Gasteiger partial charge in [-0.3, -0.25) is 0 Å². The fourth-order valence-electron chi connectivity index (χ4n) is 1.19. The van der Waals surface area contributed by atoms with Gasteiger partial charge in [-0.1, -0.05) is 0 Å². The Bertz CT molecular complexity index is 205. The Morgan fingerprint density at radius 2 is 2.55 bits per heavy atom. The minimum Gasteiger partial charge on any atom is -0.327 e. The smallest absolute Gasteiger partial charge is 0.227 e. The Morgan fingerprint density at radius 3 is 2.91 bits per heavy atom. The van der Waals surface area contributed by atoms with Crippen LogP contribution in [0.5, 0.6) is 0 Å². The van der Waals surface area contributed by atoms with Gasteiger partial charge in [-0.15, -0.1) is 0 Å². The van der Waals surface area contributed by atoms with E-state index < -0.39 is 0 Å². The first-order valence-electron chi connectivity index (χ1n) is 3.65. The van der Waals surface area contributed by atoms with Crippen molar-refractivity contribution < 1.29 is 4.59 Å². The van der Waals surface area contributed by atoms with E-state index in [4.69, 9.17) is 5.26 Å². The molecule has 0 saturated heterocycles. The molecule has 1 aliphatic rings. The molecule has 0 aromatic heterocycles. The number of nitrogens with one attached hydrogen (secondary N) is 1. The average molecular weight is 153 g/mol. The SMILES string of the molecule is CC[N+]1(NC#N)C=CN(C)C1. The molecule has 4 nitrogen and oxygen atoms in total. The van der Waals surface area contributed by atoms with Gasteiger partial charge in [-0.2, -0.15) is 15.3 Å². The van der Waals surface area contributed by atoms with Crippen LogP contribution in [-0.2, 0) is 0 Å². The van der Waals surface area contributed by atoms with Crippen LogP contribution in [0.15, 0.2) is 12.4 Å². The van der Waals surface area contributed by atoms with Crippen molar-refractivity contribution >= 4 is 0 Å². The fraction of sp³-hybridized carbons (Fsp3) is 0.571. The fourth-order valence-corrected chi connectivity index (χ4v) is 1.19. The van der Waals surface area contributed by atoms with Crippen molar-refractivity contribution in [3.05, 3.63) is 12.4 Å². The van der Waals surface area contributed by atoms with Gasteiger partial charge in [-0.25, -0.2) is 0 Å². The van der Waals surface area contributed by atoms with Crippen molar-refractivity contribution in [1.29, 1.82) is 5.26 Å². The van der Waals surface area contributed by atoms with Gasteiger partial charge in [0.15, 0.2) is 6.67 Å². The maximum Gasteiger partial charge on any atom is 0.227 e. The number of nitriles is 1. The first-order chi connectivity index (χ1) is 5.22. The molecular weight excluding hydrogens is 140 g/mol. The Hall–Kier alpha value is -1.21. The second-order valence-corrected chi connectivity index (χ2v) is 2.77. The lowest BCUT2D eigenvalue weighted by Gasteiger charge is -2.27. The normalized spacial score (nSPS) is 28.6. The summed E-state index contributed by atoms with van der Waals surface area (Å²) >= 11 is 0. The van der Waals surface area contributed by atoms with Crippen LogP contribution in [0.1, 0.15) is 6.92 Å². The second kappa shape index (κ2) is 2.81. The van der Waals surface area contributed by atoms with E-state index in [0.717, 1.165) is 13.2 Å². The Balaban J connectivity index is 2.65. The van der Waals surface area contributed by atoms with E-state index in [-0.39, 0.29) is 0 Å². The summed E-state index contributed by atoms with van der Waals surface area (Å²) in [6.45, 7) is 3.76. The highest BCUT2D eigenvalue weighted by atomic mass is 15.7. The zero-order chi connectivity index (χ0) is 8.32. The summed E-state index contributed by atoms with van der Waals surface area (Å²) in [6, 6.07) is 0. The summed E-state index contributed by atoms with van der Waals surface area (Å²) in [7, 11) is 1.99. The minimum atomic E-state index is 0.535. The van der Waals surface area contributed by atoms with Gasteiger partial charge < -0.3 is 4.90 Å². The van der Waals surface area contributed by atoms with Crippen LogP contribution in [0.3, 0.4) is 0 Å². The third-order valence-corrected chi connectivity index (χ3v) is 1.92. The van der Waals surface area contributed by atoms with Gasteiger partial charge in [0.1, 0.15) is 12.7 Å². The maximum absolute atomic E-state index is 8.48. The van der Waals surface area contributed by atoms with Crippen LogP contribution in [0.25, 0.3) is 0 Å². The zero-order valence-corrected chi connectivity index (χ0v) is 6.91. The van der Waals surface area contributed by atoms with Crippen LogP contribution in [0.4, 0.5) is 0 Å². The molecule has 0 fully saturated rings. The highest BCUT2D eigenvalue weighted by molar-refractivity contribution is 4.79. The minimum absolute atomic E-state index is 0.535. The van der Waals surface area contributed by atoms with Crippen molar-refractivity contribution in [2.75, 3.05) is 20.3 Å². The molecule has 1 unspecified atom stereocenters. The van der Waals surface area contributed by atoms with Gasteiger partial charge in [-0.05, 0) is 6.92 Å². The largest absolute Gasteiger partial charge is 0.327 e. The van der Waals surface area contributed by atoms with Crippen molar-refractivity contribution in [2.45, 2.75) is 6.92 Å². The standard InChI is InChI=1S/C7H13N4/c1-3-11(9-6-8)5-4-10(2)7-11/h4-5,9H,3,7H2,1-2H3/q+1. The number of hydrogen-bond donors (Lipinski definition) is 1. The first-order valence-corrected chi connectivity index (χ1v) is 3.65. The predicted octanol–water partition coefficient (Wildman–Crippen LogP) is 0.183. The molecule has 11 heavy (non-hydrogen) atoms. The maximum atomic E-state index is 8.48. The summed E-state index contributed by atoms with van der Waals surface area (Å²) in [4.78, 5) is 2.05. The Kier molecular flexibility index (Phi) is 2.01. The Morgan fingerprint density at radius 1 is 1.82 bits per heavy atom. The van der Waals surface area contributed by atoms with E-state index in [1.54, 1.807) is 0 Å². The summed E-state index contributed by atoms with van der Waals surface area (Å²) in [5.74, 6) is 0. The van der Waals surface area contributed by atoms with E-state index in [1.807, 2.05) is 37.5 Å². The molecule has 1 N–H and O–H groups in total. The molecule has 4 heteroatoms. The van der Waals surface area contributed by atoms with Gasteiger partial charge >= 0.3 is 0 Å². The number of quaternary nitrogens is 1. The van der Waals surface area contributed by atoms with E-state index in [1.165, 1.54) is 0 Å². The topological polar surface area (TPSA) is 39.1 Å².